The van der Waals surface area contributed by atoms with Crippen molar-refractivity contribution in [3.63, 3.8) is 0 Å². The summed E-state index contributed by atoms with van der Waals surface area (Å²) in [7, 11) is 0. The summed E-state index contributed by atoms with van der Waals surface area (Å²) in [5.74, 6) is -0.117. The van der Waals surface area contributed by atoms with E-state index in [1.54, 1.807) is 11.0 Å². The van der Waals surface area contributed by atoms with Crippen molar-refractivity contribution in [2.24, 2.45) is 4.99 Å². The predicted molar refractivity (Wildman–Crippen MR) is 133 cm³/mol. The number of thioether (sulfide) groups is 1. The first-order valence-electron chi connectivity index (χ1n) is 10.9. The zero-order chi connectivity index (χ0) is 24.1. The molecule has 178 valence electrons. The van der Waals surface area contributed by atoms with Gasteiger partial charge in [-0.1, -0.05) is 29.5 Å². The molecule has 2 heterocycles. The van der Waals surface area contributed by atoms with Crippen molar-refractivity contribution < 1.29 is 19.2 Å². The van der Waals surface area contributed by atoms with Crippen molar-refractivity contribution in [3.8, 4) is 0 Å². The van der Waals surface area contributed by atoms with E-state index >= 15 is 0 Å². The lowest BCUT2D eigenvalue weighted by Gasteiger charge is -2.16. The lowest BCUT2D eigenvalue weighted by atomic mass is 10.2. The first-order chi connectivity index (χ1) is 16.5. The lowest BCUT2D eigenvalue weighted by molar-refractivity contribution is -0.384. The number of anilines is 1. The Morgan fingerprint density at radius 3 is 2.85 bits per heavy atom. The molecule has 3 aromatic rings. The number of amides is 2. The van der Waals surface area contributed by atoms with Gasteiger partial charge in [0.15, 0.2) is 4.80 Å². The number of para-hydroxylation sites is 1. The Balaban J connectivity index is 1.45. The van der Waals surface area contributed by atoms with E-state index in [2.05, 4.69) is 4.99 Å². The van der Waals surface area contributed by atoms with E-state index in [-0.39, 0.29) is 29.0 Å². The number of carbonyl (C=O) groups excluding carboxylic acids is 2. The number of fused-ring (bicyclic) bond motifs is 2. The van der Waals surface area contributed by atoms with Gasteiger partial charge in [-0.15, -0.1) is 11.8 Å². The van der Waals surface area contributed by atoms with E-state index in [9.17, 15) is 19.7 Å². The summed E-state index contributed by atoms with van der Waals surface area (Å²) in [5, 5.41) is 11.1. The van der Waals surface area contributed by atoms with Crippen molar-refractivity contribution >= 4 is 56.5 Å². The molecule has 11 heteroatoms. The van der Waals surface area contributed by atoms with Gasteiger partial charge in [-0.2, -0.15) is 4.99 Å². The minimum absolute atomic E-state index is 0.0128. The summed E-state index contributed by atoms with van der Waals surface area (Å²) < 4.78 is 7.96. The van der Waals surface area contributed by atoms with Crippen LogP contribution in [0, 0.1) is 10.1 Å². The fourth-order valence-electron chi connectivity index (χ4n) is 3.82. The smallest absolute Gasteiger partial charge is 0.270 e. The highest BCUT2D eigenvalue weighted by molar-refractivity contribution is 8.00. The summed E-state index contributed by atoms with van der Waals surface area (Å²) in [6.45, 7) is 4.02. The normalized spacial score (nSPS) is 13.4. The van der Waals surface area contributed by atoms with Crippen LogP contribution >= 0.6 is 23.1 Å². The van der Waals surface area contributed by atoms with E-state index < -0.39 is 4.92 Å². The number of nitro benzene ring substituents is 1. The van der Waals surface area contributed by atoms with Gasteiger partial charge >= 0.3 is 0 Å². The predicted octanol–water partition coefficient (Wildman–Crippen LogP) is 3.40. The monoisotopic (exact) mass is 500 g/mol. The van der Waals surface area contributed by atoms with Crippen LogP contribution in [-0.4, -0.2) is 52.6 Å². The molecule has 0 aliphatic carbocycles. The molecule has 4 rings (SSSR count). The van der Waals surface area contributed by atoms with Gasteiger partial charge in [0.1, 0.15) is 0 Å². The minimum atomic E-state index is -0.446. The molecule has 1 aliphatic heterocycles. The SMILES string of the molecule is CCOCCn1c(=NC(=O)CSCC(=O)N2CCc3ccccc32)sc2cc([N+](=O)[O-])ccc21. The molecule has 0 atom stereocenters. The molecule has 2 amide bonds. The summed E-state index contributed by atoms with van der Waals surface area (Å²) in [5.41, 5.74) is 2.85. The number of benzene rings is 2. The van der Waals surface area contributed by atoms with E-state index in [1.165, 1.54) is 35.2 Å². The summed E-state index contributed by atoms with van der Waals surface area (Å²) in [6.07, 6.45) is 0.840. The molecule has 0 N–H and O–H groups in total. The van der Waals surface area contributed by atoms with Crippen molar-refractivity contribution in [3.05, 3.63) is 62.9 Å². The molecular formula is C23H24N4O5S2. The van der Waals surface area contributed by atoms with Crippen LogP contribution in [0.1, 0.15) is 12.5 Å². The number of thiazole rings is 1. The molecule has 0 bridgehead atoms. The Kier molecular flexibility index (Phi) is 7.76. The maximum Gasteiger partial charge on any atom is 0.270 e. The zero-order valence-electron chi connectivity index (χ0n) is 18.6. The van der Waals surface area contributed by atoms with Crippen LogP contribution in [0.15, 0.2) is 47.5 Å². The van der Waals surface area contributed by atoms with Gasteiger partial charge < -0.3 is 14.2 Å². The highest BCUT2D eigenvalue weighted by Crippen LogP contribution is 2.28. The number of carbonyl (C=O) groups is 2. The molecule has 9 nitrogen and oxygen atoms in total. The first-order valence-corrected chi connectivity index (χ1v) is 12.8. The second-order valence-electron chi connectivity index (χ2n) is 7.56. The molecule has 0 saturated heterocycles. The maximum atomic E-state index is 12.6. The summed E-state index contributed by atoms with van der Waals surface area (Å²) in [4.78, 5) is 42.4. The fourth-order valence-corrected chi connectivity index (χ4v) is 5.60. The van der Waals surface area contributed by atoms with Gasteiger partial charge in [0, 0.05) is 37.5 Å². The standard InChI is InChI=1S/C23H24N4O5S2/c1-2-32-12-11-26-19-8-7-17(27(30)31)13-20(19)34-23(26)24-21(28)14-33-15-22(29)25-10-9-16-5-3-4-6-18(16)25/h3-8,13H,2,9-12,14-15H2,1H3. The minimum Gasteiger partial charge on any atom is -0.380 e. The second kappa shape index (κ2) is 10.9. The molecule has 1 aromatic heterocycles. The van der Waals surface area contributed by atoms with E-state index in [0.29, 0.717) is 35.8 Å². The Morgan fingerprint density at radius 1 is 1.24 bits per heavy atom. The largest absolute Gasteiger partial charge is 0.380 e. The average molecular weight is 501 g/mol. The van der Waals surface area contributed by atoms with Crippen LogP contribution in [0.3, 0.4) is 0 Å². The molecule has 0 unspecified atom stereocenters. The number of hydrogen-bond acceptors (Lipinski definition) is 7. The third-order valence-electron chi connectivity index (χ3n) is 5.40. The molecule has 0 spiro atoms. The Morgan fingerprint density at radius 2 is 2.06 bits per heavy atom. The third kappa shape index (κ3) is 5.37. The average Bonchev–Trinajstić information content (AvgIpc) is 3.40. The van der Waals surface area contributed by atoms with Crippen LogP contribution in [-0.2, 0) is 27.3 Å². The molecule has 1 aliphatic rings. The van der Waals surface area contributed by atoms with Gasteiger partial charge in [-0.25, -0.2) is 0 Å². The number of non-ortho nitro benzene ring substituents is 1. The van der Waals surface area contributed by atoms with Crippen LogP contribution in [0.25, 0.3) is 10.2 Å². The highest BCUT2D eigenvalue weighted by Gasteiger charge is 2.24. The Labute approximate surface area is 204 Å². The Hall–Kier alpha value is -3.02. The van der Waals surface area contributed by atoms with Crippen LogP contribution in [0.4, 0.5) is 11.4 Å². The molecular weight excluding hydrogens is 476 g/mol. The maximum absolute atomic E-state index is 12.6. The topological polar surface area (TPSA) is 107 Å². The first kappa shape index (κ1) is 24.1. The fraction of sp³-hybridized carbons (Fsp3) is 0.348. The highest BCUT2D eigenvalue weighted by atomic mass is 32.2. The lowest BCUT2D eigenvalue weighted by Crippen LogP contribution is -2.30. The quantitative estimate of drug-likeness (QED) is 0.253. The summed E-state index contributed by atoms with van der Waals surface area (Å²) >= 11 is 2.46. The molecule has 2 aromatic carbocycles. The Bertz CT molecular complexity index is 1300. The third-order valence-corrected chi connectivity index (χ3v) is 7.34. The molecule has 0 radical (unpaired) electrons. The van der Waals surface area contributed by atoms with Crippen LogP contribution < -0.4 is 9.70 Å². The summed E-state index contributed by atoms with van der Waals surface area (Å²) in [6, 6.07) is 12.4. The molecule has 34 heavy (non-hydrogen) atoms. The van der Waals surface area contributed by atoms with Gasteiger partial charge in [-0.3, -0.25) is 19.7 Å². The second-order valence-corrected chi connectivity index (χ2v) is 9.56. The van der Waals surface area contributed by atoms with E-state index in [4.69, 9.17) is 4.74 Å². The number of nitro groups is 1. The number of rotatable bonds is 9. The van der Waals surface area contributed by atoms with Crippen molar-refractivity contribution in [1.82, 2.24) is 4.57 Å². The number of aromatic nitrogens is 1. The number of hydrogen-bond donors (Lipinski definition) is 0. The van der Waals surface area contributed by atoms with E-state index in [0.717, 1.165) is 23.2 Å². The van der Waals surface area contributed by atoms with Crippen molar-refractivity contribution in [2.75, 3.05) is 36.2 Å². The van der Waals surface area contributed by atoms with Crippen molar-refractivity contribution in [1.29, 1.82) is 0 Å². The van der Waals surface area contributed by atoms with Gasteiger partial charge in [0.2, 0.25) is 5.91 Å². The van der Waals surface area contributed by atoms with Gasteiger partial charge in [0.05, 0.1) is 33.3 Å². The zero-order valence-corrected chi connectivity index (χ0v) is 20.3. The number of nitrogens with zero attached hydrogens (tertiary/aromatic N) is 4. The van der Waals surface area contributed by atoms with Crippen LogP contribution in [0.5, 0.6) is 0 Å². The molecule has 0 fully saturated rings. The molecule has 0 saturated carbocycles. The van der Waals surface area contributed by atoms with Crippen LogP contribution in [0.2, 0.25) is 0 Å². The number of ether oxygens (including phenoxy) is 1. The van der Waals surface area contributed by atoms with Gasteiger partial charge in [-0.05, 0) is 31.0 Å². The van der Waals surface area contributed by atoms with Crippen molar-refractivity contribution in [2.45, 2.75) is 19.9 Å². The van der Waals surface area contributed by atoms with E-state index in [1.807, 2.05) is 35.8 Å². The van der Waals surface area contributed by atoms with Gasteiger partial charge in [0.25, 0.3) is 11.6 Å².